The summed E-state index contributed by atoms with van der Waals surface area (Å²) in [6, 6.07) is 5.89. The van der Waals surface area contributed by atoms with Crippen LogP contribution >= 0.6 is 0 Å². The lowest BCUT2D eigenvalue weighted by molar-refractivity contribution is -0.173. The summed E-state index contributed by atoms with van der Waals surface area (Å²) in [5.74, 6) is -3.81. The first-order valence-corrected chi connectivity index (χ1v) is 16.0. The van der Waals surface area contributed by atoms with E-state index in [0.717, 1.165) is 28.2 Å². The Kier molecular flexibility index (Phi) is 12.0. The minimum absolute atomic E-state index is 0.139. The molecule has 0 spiro atoms. The average Bonchev–Trinajstić information content (AvgIpc) is 3.80. The molecule has 1 saturated heterocycles. The number of carbonyl (C=O) groups excluding carboxylic acids is 4. The second-order valence-electron chi connectivity index (χ2n) is 14.1. The van der Waals surface area contributed by atoms with Gasteiger partial charge < -0.3 is 29.0 Å². The Hall–Kier alpha value is -3.74. The molecule has 1 aliphatic heterocycles. The fourth-order valence-electron chi connectivity index (χ4n) is 5.47. The van der Waals surface area contributed by atoms with Crippen molar-refractivity contribution in [1.82, 2.24) is 9.80 Å². The van der Waals surface area contributed by atoms with Crippen LogP contribution < -0.4 is 0 Å². The molecule has 1 N–H and O–H groups in total. The SMILES string of the molecule is C[C@@H](OC(=O)C1(N(C)C(=O)OC(C)(C)C)CC1)C(=O)N(C)[C@@H](CC(C)(C)F)C(=O)O[C@H](Cc1ccc(C2CCOCC2)cc1)C(=O)O. The molecule has 0 unspecified atom stereocenters. The number of nitrogens with zero attached hydrogens (tertiary/aromatic N) is 2. The number of alkyl halides is 1. The van der Waals surface area contributed by atoms with Gasteiger partial charge in [0.15, 0.2) is 6.10 Å². The summed E-state index contributed by atoms with van der Waals surface area (Å²) in [6.07, 6.45) is -1.98. The number of likely N-dealkylation sites (N-methyl/N-ethyl adjacent to an activating group) is 2. The molecule has 12 nitrogen and oxygen atoms in total. The monoisotopic (exact) mass is 664 g/mol. The molecule has 1 aromatic carbocycles. The molecule has 2 aliphatic rings. The van der Waals surface area contributed by atoms with Crippen molar-refractivity contribution in [2.75, 3.05) is 27.3 Å². The number of amides is 2. The van der Waals surface area contributed by atoms with E-state index >= 15 is 0 Å². The number of carbonyl (C=O) groups is 5. The van der Waals surface area contributed by atoms with Gasteiger partial charge in [0.05, 0.1) is 0 Å². The van der Waals surface area contributed by atoms with Crippen LogP contribution in [0.3, 0.4) is 0 Å². The lowest BCUT2D eigenvalue weighted by Crippen LogP contribution is -2.52. The summed E-state index contributed by atoms with van der Waals surface area (Å²) in [6.45, 7) is 10.2. The largest absolute Gasteiger partial charge is 0.478 e. The standard InChI is InChI=1S/C34H49FN2O10/c1-21(45-30(42)34(15-16-34)37(8)31(43)47-32(2,3)4)27(38)36(7)25(20-33(5,6)35)29(41)46-26(28(39)40)19-22-9-11-23(12-10-22)24-13-17-44-18-14-24/h9-12,21,24-26H,13-20H2,1-8H3,(H,39,40)/t21-,25+,26-/m1/s1. The van der Waals surface area contributed by atoms with Crippen molar-refractivity contribution >= 4 is 29.9 Å². The van der Waals surface area contributed by atoms with Crippen molar-refractivity contribution in [2.24, 2.45) is 0 Å². The predicted molar refractivity (Wildman–Crippen MR) is 168 cm³/mol. The number of hydrogen-bond donors (Lipinski definition) is 1. The molecule has 3 rings (SSSR count). The van der Waals surface area contributed by atoms with E-state index < -0.39 is 71.4 Å². The van der Waals surface area contributed by atoms with Crippen molar-refractivity contribution in [2.45, 2.75) is 121 Å². The number of halogens is 1. The van der Waals surface area contributed by atoms with Crippen molar-refractivity contribution < 1.29 is 52.4 Å². The Balaban J connectivity index is 1.69. The van der Waals surface area contributed by atoms with Gasteiger partial charge in [-0.25, -0.2) is 23.6 Å². The first-order chi connectivity index (χ1) is 21.7. The summed E-state index contributed by atoms with van der Waals surface area (Å²) >= 11 is 0. The smallest absolute Gasteiger partial charge is 0.410 e. The van der Waals surface area contributed by atoms with Gasteiger partial charge in [0, 0.05) is 40.2 Å². The summed E-state index contributed by atoms with van der Waals surface area (Å²) in [7, 11) is 2.64. The Bertz CT molecular complexity index is 1290. The molecule has 0 radical (unpaired) electrons. The number of hydrogen-bond acceptors (Lipinski definition) is 9. The van der Waals surface area contributed by atoms with Crippen molar-refractivity contribution in [3.05, 3.63) is 35.4 Å². The highest BCUT2D eigenvalue weighted by atomic mass is 19.1. The fraction of sp³-hybridized carbons (Fsp3) is 0.676. The van der Waals surface area contributed by atoms with Crippen LogP contribution in [0.4, 0.5) is 9.18 Å². The van der Waals surface area contributed by atoms with Gasteiger partial charge >= 0.3 is 24.0 Å². The van der Waals surface area contributed by atoms with Crippen molar-refractivity contribution in [3.8, 4) is 0 Å². The first kappa shape index (κ1) is 37.7. The zero-order valence-corrected chi connectivity index (χ0v) is 28.7. The minimum Gasteiger partial charge on any atom is -0.478 e. The molecular formula is C34H49FN2O10. The zero-order chi connectivity index (χ0) is 35.3. The average molecular weight is 665 g/mol. The maximum atomic E-state index is 14.9. The van der Waals surface area contributed by atoms with Crippen LogP contribution in [0.25, 0.3) is 0 Å². The van der Waals surface area contributed by atoms with Crippen LogP contribution in [0.1, 0.15) is 90.7 Å². The van der Waals surface area contributed by atoms with Gasteiger partial charge in [0.25, 0.3) is 5.91 Å². The van der Waals surface area contributed by atoms with Crippen LogP contribution in [0.15, 0.2) is 24.3 Å². The third-order valence-corrected chi connectivity index (χ3v) is 8.44. The van der Waals surface area contributed by atoms with E-state index in [1.54, 1.807) is 32.9 Å². The molecule has 1 saturated carbocycles. The fourth-order valence-corrected chi connectivity index (χ4v) is 5.47. The Morgan fingerprint density at radius 1 is 1.00 bits per heavy atom. The number of aliphatic carboxylic acids is 1. The molecular weight excluding hydrogens is 615 g/mol. The van der Waals surface area contributed by atoms with Gasteiger partial charge in [-0.15, -0.1) is 0 Å². The number of esters is 2. The highest BCUT2D eigenvalue weighted by Crippen LogP contribution is 2.43. The lowest BCUT2D eigenvalue weighted by Gasteiger charge is -2.33. The molecule has 3 atom stereocenters. The molecule has 47 heavy (non-hydrogen) atoms. The van der Waals surface area contributed by atoms with Crippen LogP contribution in [-0.2, 0) is 44.5 Å². The summed E-state index contributed by atoms with van der Waals surface area (Å²) < 4.78 is 36.5. The van der Waals surface area contributed by atoms with E-state index in [-0.39, 0.29) is 6.42 Å². The second kappa shape index (κ2) is 15.0. The second-order valence-corrected chi connectivity index (χ2v) is 14.1. The molecule has 1 aromatic rings. The van der Waals surface area contributed by atoms with Gasteiger partial charge in [-0.1, -0.05) is 24.3 Å². The summed E-state index contributed by atoms with van der Waals surface area (Å²) in [5.41, 5.74) is -2.30. The van der Waals surface area contributed by atoms with Crippen LogP contribution in [0, 0.1) is 0 Å². The van der Waals surface area contributed by atoms with Crippen molar-refractivity contribution in [1.29, 1.82) is 0 Å². The first-order valence-electron chi connectivity index (χ1n) is 16.0. The van der Waals surface area contributed by atoms with Crippen LogP contribution in [-0.4, -0.2) is 107 Å². The van der Waals surface area contributed by atoms with Gasteiger partial charge in [0.1, 0.15) is 22.9 Å². The predicted octanol–water partition coefficient (Wildman–Crippen LogP) is 4.42. The maximum Gasteiger partial charge on any atom is 0.410 e. The molecule has 13 heteroatoms. The molecule has 0 aromatic heterocycles. The van der Waals surface area contributed by atoms with Gasteiger partial charge in [0.2, 0.25) is 6.10 Å². The van der Waals surface area contributed by atoms with Crippen LogP contribution in [0.2, 0.25) is 0 Å². The number of carboxylic acid groups (broad SMARTS) is 1. The molecule has 2 fully saturated rings. The summed E-state index contributed by atoms with van der Waals surface area (Å²) in [4.78, 5) is 66.7. The quantitative estimate of drug-likeness (QED) is 0.237. The van der Waals surface area contributed by atoms with Gasteiger partial charge in [-0.05, 0) is 84.3 Å². The van der Waals surface area contributed by atoms with E-state index in [4.69, 9.17) is 18.9 Å². The van der Waals surface area contributed by atoms with E-state index in [1.807, 2.05) is 12.1 Å². The highest BCUT2D eigenvalue weighted by molar-refractivity contribution is 5.92. The number of benzene rings is 1. The third-order valence-electron chi connectivity index (χ3n) is 8.44. The third kappa shape index (κ3) is 10.4. The number of carboxylic acids is 1. The molecule has 1 aliphatic carbocycles. The van der Waals surface area contributed by atoms with E-state index in [2.05, 4.69) is 0 Å². The van der Waals surface area contributed by atoms with Crippen molar-refractivity contribution in [3.63, 3.8) is 0 Å². The highest BCUT2D eigenvalue weighted by Gasteiger charge is 2.58. The molecule has 262 valence electrons. The molecule has 1 heterocycles. The number of ether oxygens (including phenoxy) is 4. The lowest BCUT2D eigenvalue weighted by atomic mass is 9.91. The molecule has 0 bridgehead atoms. The van der Waals surface area contributed by atoms with Gasteiger partial charge in [-0.2, -0.15) is 0 Å². The number of rotatable bonds is 13. The van der Waals surface area contributed by atoms with E-state index in [9.17, 15) is 33.5 Å². The molecule has 2 amide bonds. The van der Waals surface area contributed by atoms with Crippen LogP contribution in [0.5, 0.6) is 0 Å². The van der Waals surface area contributed by atoms with E-state index in [1.165, 1.54) is 34.9 Å². The Morgan fingerprint density at radius 3 is 2.06 bits per heavy atom. The van der Waals surface area contributed by atoms with E-state index in [0.29, 0.717) is 37.5 Å². The minimum atomic E-state index is -1.95. The topological polar surface area (TPSA) is 149 Å². The summed E-state index contributed by atoms with van der Waals surface area (Å²) in [5, 5.41) is 9.88. The Labute approximate surface area is 275 Å². The maximum absolute atomic E-state index is 14.9. The normalized spacial score (nSPS) is 18.2. The zero-order valence-electron chi connectivity index (χ0n) is 28.7. The van der Waals surface area contributed by atoms with Gasteiger partial charge in [-0.3, -0.25) is 9.69 Å². The Morgan fingerprint density at radius 2 is 1.57 bits per heavy atom.